The first-order valence-electron chi connectivity index (χ1n) is 9.61. The summed E-state index contributed by atoms with van der Waals surface area (Å²) in [6.45, 7) is 3.11. The van der Waals surface area contributed by atoms with E-state index in [1.165, 1.54) is 6.07 Å². The highest BCUT2D eigenvalue weighted by atomic mass is 35.5. The minimum atomic E-state index is -0.395. The van der Waals surface area contributed by atoms with Crippen LogP contribution >= 0.6 is 11.6 Å². The highest BCUT2D eigenvalue weighted by Gasteiger charge is 2.33. The third-order valence-electron chi connectivity index (χ3n) is 5.93. The molecule has 2 aliphatic rings. The maximum absolute atomic E-state index is 15.3. The molecule has 28 heavy (non-hydrogen) atoms. The second-order valence-electron chi connectivity index (χ2n) is 8.09. The van der Waals surface area contributed by atoms with Crippen molar-refractivity contribution in [1.82, 2.24) is 14.5 Å². The van der Waals surface area contributed by atoms with Crippen molar-refractivity contribution in [2.45, 2.75) is 38.3 Å². The van der Waals surface area contributed by atoms with Gasteiger partial charge in [0.25, 0.3) is 5.56 Å². The summed E-state index contributed by atoms with van der Waals surface area (Å²) in [5.74, 6) is -0.0100. The molecule has 1 saturated carbocycles. The average molecular weight is 405 g/mol. The lowest BCUT2D eigenvalue weighted by Gasteiger charge is -2.24. The largest absolute Gasteiger partial charge is 0.440 e. The molecule has 2 aromatic heterocycles. The number of halogens is 2. The van der Waals surface area contributed by atoms with Crippen LogP contribution < -0.4 is 10.5 Å². The number of aryl methyl sites for hydroxylation is 1. The maximum Gasteiger partial charge on any atom is 0.281 e. The van der Waals surface area contributed by atoms with E-state index < -0.39 is 5.82 Å². The molecule has 0 bridgehead atoms. The van der Waals surface area contributed by atoms with Gasteiger partial charge >= 0.3 is 0 Å². The lowest BCUT2D eigenvalue weighted by molar-refractivity contribution is 0.315. The monoisotopic (exact) mass is 404 g/mol. The first kappa shape index (κ1) is 17.9. The molecule has 5 rings (SSSR count). The molecule has 8 heteroatoms. The van der Waals surface area contributed by atoms with Crippen LogP contribution in [-0.4, -0.2) is 47.7 Å². The SMILES string of the molecule is Cc1nc2c(=O)n(C3CC3)c3c(Cl)c(N4CCC(N(C)C)C4)c(F)cc3c2o1. The Bertz CT molecular complexity index is 1160. The zero-order valence-electron chi connectivity index (χ0n) is 16.1. The van der Waals surface area contributed by atoms with Crippen molar-refractivity contribution in [3.05, 3.63) is 33.2 Å². The smallest absolute Gasteiger partial charge is 0.281 e. The average Bonchev–Trinajstić information content (AvgIpc) is 3.20. The third kappa shape index (κ3) is 2.56. The predicted molar refractivity (Wildman–Crippen MR) is 108 cm³/mol. The van der Waals surface area contributed by atoms with Gasteiger partial charge < -0.3 is 18.8 Å². The molecular formula is C20H22ClFN4O2. The molecule has 0 spiro atoms. The molecule has 0 amide bonds. The molecule has 0 N–H and O–H groups in total. The van der Waals surface area contributed by atoms with E-state index >= 15 is 4.39 Å². The van der Waals surface area contributed by atoms with Crippen molar-refractivity contribution in [2.24, 2.45) is 0 Å². The lowest BCUT2D eigenvalue weighted by atomic mass is 10.1. The quantitative estimate of drug-likeness (QED) is 0.666. The number of pyridine rings is 1. The van der Waals surface area contributed by atoms with Gasteiger partial charge in [0.15, 0.2) is 17.0 Å². The molecule has 1 saturated heterocycles. The van der Waals surface area contributed by atoms with Crippen molar-refractivity contribution in [1.29, 1.82) is 0 Å². The van der Waals surface area contributed by atoms with Gasteiger partial charge in [-0.15, -0.1) is 0 Å². The highest BCUT2D eigenvalue weighted by molar-refractivity contribution is 6.38. The summed E-state index contributed by atoms with van der Waals surface area (Å²) < 4.78 is 22.6. The molecule has 6 nitrogen and oxygen atoms in total. The van der Waals surface area contributed by atoms with Crippen molar-refractivity contribution in [3.8, 4) is 0 Å². The van der Waals surface area contributed by atoms with Crippen LogP contribution in [0.2, 0.25) is 5.02 Å². The van der Waals surface area contributed by atoms with Gasteiger partial charge in [-0.2, -0.15) is 0 Å². The molecule has 1 unspecified atom stereocenters. The minimum Gasteiger partial charge on any atom is -0.440 e. The zero-order chi connectivity index (χ0) is 19.7. The van der Waals surface area contributed by atoms with Gasteiger partial charge in [0, 0.05) is 37.5 Å². The number of aromatic nitrogens is 2. The van der Waals surface area contributed by atoms with Gasteiger partial charge in [-0.05, 0) is 39.4 Å². The van der Waals surface area contributed by atoms with Crippen LogP contribution in [-0.2, 0) is 0 Å². The van der Waals surface area contributed by atoms with E-state index in [1.54, 1.807) is 11.5 Å². The minimum absolute atomic E-state index is 0.0836. The van der Waals surface area contributed by atoms with E-state index in [4.69, 9.17) is 16.0 Å². The number of nitrogens with zero attached hydrogens (tertiary/aromatic N) is 4. The summed E-state index contributed by atoms with van der Waals surface area (Å²) >= 11 is 6.79. The summed E-state index contributed by atoms with van der Waals surface area (Å²) in [4.78, 5) is 21.5. The Morgan fingerprint density at radius 3 is 2.71 bits per heavy atom. The van der Waals surface area contributed by atoms with Crippen LogP contribution in [0.15, 0.2) is 15.3 Å². The summed E-state index contributed by atoms with van der Waals surface area (Å²) in [5.41, 5.74) is 1.28. The summed E-state index contributed by atoms with van der Waals surface area (Å²) in [6.07, 6.45) is 2.76. The summed E-state index contributed by atoms with van der Waals surface area (Å²) in [6, 6.07) is 1.88. The van der Waals surface area contributed by atoms with Crippen LogP contribution in [0.25, 0.3) is 22.0 Å². The maximum atomic E-state index is 15.3. The standard InChI is InChI=1S/C20H22ClFN4O2/c1-10-23-16-19(28-10)13-8-14(22)18(25-7-6-12(9-25)24(2)3)15(21)17(13)26(20(16)27)11-4-5-11/h8,11-12H,4-7,9H2,1-3H3. The third-order valence-corrected chi connectivity index (χ3v) is 6.29. The Morgan fingerprint density at radius 1 is 1.32 bits per heavy atom. The second-order valence-corrected chi connectivity index (χ2v) is 8.46. The fraction of sp³-hybridized carbons (Fsp3) is 0.500. The number of oxazole rings is 1. The second kappa shape index (κ2) is 6.19. The van der Waals surface area contributed by atoms with Crippen LogP contribution in [0.3, 0.4) is 0 Å². The van der Waals surface area contributed by atoms with E-state index in [9.17, 15) is 4.79 Å². The van der Waals surface area contributed by atoms with E-state index in [1.807, 2.05) is 19.0 Å². The molecule has 1 aliphatic carbocycles. The Hall–Kier alpha value is -2.12. The van der Waals surface area contributed by atoms with Gasteiger partial charge in [-0.3, -0.25) is 4.79 Å². The molecule has 3 heterocycles. The molecule has 0 radical (unpaired) electrons. The number of fused-ring (bicyclic) bond motifs is 3. The number of benzene rings is 1. The van der Waals surface area contributed by atoms with Crippen molar-refractivity contribution < 1.29 is 8.81 Å². The summed E-state index contributed by atoms with van der Waals surface area (Å²) in [5, 5.41) is 0.797. The topological polar surface area (TPSA) is 54.5 Å². The molecule has 1 atom stereocenters. The number of rotatable bonds is 3. The Labute approximate surface area is 166 Å². The first-order valence-corrected chi connectivity index (χ1v) is 9.99. The first-order chi connectivity index (χ1) is 13.4. The Balaban J connectivity index is 1.80. The predicted octanol–water partition coefficient (Wildman–Crippen LogP) is 3.72. The number of hydrogen-bond acceptors (Lipinski definition) is 5. The van der Waals surface area contributed by atoms with Gasteiger partial charge in [0.1, 0.15) is 5.82 Å². The van der Waals surface area contributed by atoms with E-state index in [0.717, 1.165) is 25.8 Å². The Morgan fingerprint density at radius 2 is 2.07 bits per heavy atom. The normalized spacial score (nSPS) is 20.2. The molecule has 2 fully saturated rings. The zero-order valence-corrected chi connectivity index (χ0v) is 16.9. The fourth-order valence-electron chi connectivity index (χ4n) is 4.31. The highest BCUT2D eigenvalue weighted by Crippen LogP contribution is 2.44. The lowest BCUT2D eigenvalue weighted by Crippen LogP contribution is -2.32. The van der Waals surface area contributed by atoms with Crippen molar-refractivity contribution >= 4 is 39.3 Å². The van der Waals surface area contributed by atoms with E-state index in [-0.39, 0.29) is 22.1 Å². The number of anilines is 1. The van der Waals surface area contributed by atoms with Crippen LogP contribution in [0.1, 0.15) is 31.2 Å². The van der Waals surface area contributed by atoms with Crippen molar-refractivity contribution in [3.63, 3.8) is 0 Å². The molecule has 1 aliphatic heterocycles. The van der Waals surface area contributed by atoms with Crippen molar-refractivity contribution in [2.75, 3.05) is 32.1 Å². The molecule has 1 aromatic carbocycles. The van der Waals surface area contributed by atoms with Crippen LogP contribution in [0, 0.1) is 12.7 Å². The van der Waals surface area contributed by atoms with E-state index in [0.29, 0.717) is 40.7 Å². The molecular weight excluding hydrogens is 383 g/mol. The van der Waals surface area contributed by atoms with Gasteiger partial charge in [-0.25, -0.2) is 9.37 Å². The Kier molecular flexibility index (Phi) is 3.97. The fourth-order valence-corrected chi connectivity index (χ4v) is 4.72. The number of hydrogen-bond donors (Lipinski definition) is 0. The van der Waals surface area contributed by atoms with Crippen LogP contribution in [0.4, 0.5) is 10.1 Å². The van der Waals surface area contributed by atoms with Gasteiger partial charge in [0.05, 0.1) is 16.2 Å². The van der Waals surface area contributed by atoms with E-state index in [2.05, 4.69) is 9.88 Å². The number of likely N-dealkylation sites (N-methyl/N-ethyl adjacent to an activating group) is 1. The van der Waals surface area contributed by atoms with Gasteiger partial charge in [-0.1, -0.05) is 11.6 Å². The molecule has 148 valence electrons. The van der Waals surface area contributed by atoms with Crippen LogP contribution in [0.5, 0.6) is 0 Å². The summed E-state index contributed by atoms with van der Waals surface area (Å²) in [7, 11) is 4.06. The molecule has 3 aromatic rings. The van der Waals surface area contributed by atoms with Gasteiger partial charge in [0.2, 0.25) is 0 Å².